The van der Waals surface area contributed by atoms with Crippen LogP contribution in [0.2, 0.25) is 0 Å². The molecule has 0 unspecified atom stereocenters. The molecule has 0 atom stereocenters. The summed E-state index contributed by atoms with van der Waals surface area (Å²) in [7, 11) is -7.66. The van der Waals surface area contributed by atoms with E-state index in [4.69, 9.17) is 0 Å². The zero-order valence-electron chi connectivity index (χ0n) is 7.75. The maximum Gasteiger partial charge on any atom is 1.00 e. The van der Waals surface area contributed by atoms with Crippen molar-refractivity contribution in [3.8, 4) is 0 Å². The van der Waals surface area contributed by atoms with Crippen LogP contribution < -0.4 is 18.9 Å². The van der Waals surface area contributed by atoms with Crippen LogP contribution in [0.1, 0.15) is 12.8 Å². The van der Waals surface area contributed by atoms with Gasteiger partial charge >= 0.3 is 26.4 Å². The third kappa shape index (κ3) is 40.1. The summed E-state index contributed by atoms with van der Waals surface area (Å²) in [6.45, 7) is 3.38. The van der Waals surface area contributed by atoms with Gasteiger partial charge in [-0.2, -0.15) is 0 Å². The van der Waals surface area contributed by atoms with E-state index in [1.165, 1.54) is 0 Å². The third-order valence-electron chi connectivity index (χ3n) is 0.803. The van der Waals surface area contributed by atoms with Gasteiger partial charge in [-0.25, -0.2) is 8.42 Å². The number of hydrogen-bond acceptors (Lipinski definition) is 3. The molecule has 0 amide bonds. The summed E-state index contributed by atoms with van der Waals surface area (Å²) in [5.41, 5.74) is 0. The molecule has 0 aromatic heterocycles. The monoisotopic (exact) mass is 224 g/mol. The van der Waals surface area contributed by atoms with Gasteiger partial charge in [0.25, 0.3) is 0 Å². The number of hydrogen-bond donors (Lipinski definition) is 0. The van der Waals surface area contributed by atoms with Crippen molar-refractivity contribution >= 4 is 17.7 Å². The van der Waals surface area contributed by atoms with E-state index in [0.29, 0.717) is 12.8 Å². The van der Waals surface area contributed by atoms with E-state index in [1.807, 2.05) is 0 Å². The Morgan fingerprint density at radius 3 is 1.93 bits per heavy atom. The first-order valence-electron chi connectivity index (χ1n) is 3.26. The molecule has 0 radical (unpaired) electrons. The van der Waals surface area contributed by atoms with Gasteiger partial charge in [0.15, 0.2) is 0 Å². The van der Waals surface area contributed by atoms with Gasteiger partial charge in [-0.1, -0.05) is 6.08 Å². The Hall–Kier alpha value is 0.102. The molecule has 0 saturated heterocycles. The third-order valence-corrected chi connectivity index (χ3v) is 1.59. The topological polar surface area (TPSA) is 57.2 Å². The van der Waals surface area contributed by atoms with Crippen LogP contribution in [0.3, 0.4) is 0 Å². The van der Waals surface area contributed by atoms with Crippen LogP contribution in [0.25, 0.3) is 0 Å². The van der Waals surface area contributed by atoms with E-state index >= 15 is 0 Å². The Bertz CT molecular complexity index is 220. The van der Waals surface area contributed by atoms with Crippen molar-refractivity contribution in [1.82, 2.24) is 0 Å². The fourth-order valence-electron chi connectivity index (χ4n) is 0.404. The summed E-state index contributed by atoms with van der Waals surface area (Å²) in [5, 5.41) is 0. The smallest absolute Gasteiger partial charge is 0.748 e. The molecular formula is C5H9BF3LiO3S. The van der Waals surface area contributed by atoms with Crippen LogP contribution in [0.5, 0.6) is 0 Å². The molecule has 0 bridgehead atoms. The molecule has 0 aromatic rings. The van der Waals surface area contributed by atoms with E-state index < -0.39 is 17.7 Å². The first-order valence-corrected chi connectivity index (χ1v) is 4.84. The first kappa shape index (κ1) is 19.6. The quantitative estimate of drug-likeness (QED) is 0.249. The standard InChI is InChI=1S/C5H10O3S.BF3.Li/c1-2-3-4-5-9(6,7)8;2-1(3)4;/h2H,1,3-5H2,(H,6,7,8);;/q;;+1/p-1. The van der Waals surface area contributed by atoms with Crippen molar-refractivity contribution in [3.63, 3.8) is 0 Å². The summed E-state index contributed by atoms with van der Waals surface area (Å²) in [6, 6.07) is 0. The number of unbranched alkanes of at least 4 members (excludes halogenated alkanes) is 1. The number of halogens is 3. The Morgan fingerprint density at radius 2 is 1.71 bits per heavy atom. The van der Waals surface area contributed by atoms with Gasteiger partial charge in [0.2, 0.25) is 0 Å². The molecule has 0 N–H and O–H groups in total. The van der Waals surface area contributed by atoms with Crippen molar-refractivity contribution in [1.29, 1.82) is 0 Å². The molecule has 14 heavy (non-hydrogen) atoms. The predicted octanol–water partition coefficient (Wildman–Crippen LogP) is -1.62. The molecule has 0 aliphatic carbocycles. The van der Waals surface area contributed by atoms with Crippen LogP contribution in [0.4, 0.5) is 12.9 Å². The van der Waals surface area contributed by atoms with Crippen molar-refractivity contribution in [2.45, 2.75) is 12.8 Å². The van der Waals surface area contributed by atoms with Gasteiger partial charge in [0.1, 0.15) is 0 Å². The second-order valence-electron chi connectivity index (χ2n) is 1.94. The van der Waals surface area contributed by atoms with Crippen molar-refractivity contribution in [3.05, 3.63) is 12.7 Å². The SMILES string of the molecule is C=CCCCS(=O)(=O)[O-].FB(F)F.[Li+]. The molecule has 78 valence electrons. The fourth-order valence-corrected chi connectivity index (χ4v) is 0.925. The largest absolute Gasteiger partial charge is 1.00 e. The normalized spacial score (nSPS) is 9.14. The van der Waals surface area contributed by atoms with Gasteiger partial charge in [-0.3, -0.25) is 12.9 Å². The predicted molar refractivity (Wildman–Crippen MR) is 43.1 cm³/mol. The number of rotatable bonds is 4. The van der Waals surface area contributed by atoms with Crippen LogP contribution in [-0.4, -0.2) is 26.3 Å². The van der Waals surface area contributed by atoms with Crippen LogP contribution in [-0.2, 0) is 10.1 Å². The van der Waals surface area contributed by atoms with Gasteiger partial charge in [-0.05, 0) is 12.8 Å². The summed E-state index contributed by atoms with van der Waals surface area (Å²) >= 11 is 0. The second kappa shape index (κ2) is 11.2. The Kier molecular flexibility index (Phi) is 15.7. The Labute approximate surface area is 93.9 Å². The zero-order valence-corrected chi connectivity index (χ0v) is 8.57. The van der Waals surface area contributed by atoms with Gasteiger partial charge < -0.3 is 4.55 Å². The summed E-state index contributed by atoms with van der Waals surface area (Å²) < 4.78 is 58.7. The average Bonchev–Trinajstić information content (AvgIpc) is 1.83. The first-order chi connectivity index (χ1) is 5.79. The molecule has 0 spiro atoms. The molecule has 0 saturated carbocycles. The molecule has 9 heteroatoms. The minimum absolute atomic E-state index is 0. The zero-order chi connectivity index (χ0) is 10.9. The molecule has 0 rings (SSSR count). The van der Waals surface area contributed by atoms with Gasteiger partial charge in [0, 0.05) is 5.75 Å². The van der Waals surface area contributed by atoms with E-state index in [1.54, 1.807) is 6.08 Å². The van der Waals surface area contributed by atoms with Crippen molar-refractivity contribution < 1.29 is 44.8 Å². The molecule has 3 nitrogen and oxygen atoms in total. The van der Waals surface area contributed by atoms with E-state index in [-0.39, 0.29) is 24.6 Å². The minimum atomic E-state index is -3.99. The Balaban J connectivity index is -0.000000209. The second-order valence-corrected chi connectivity index (χ2v) is 3.46. The van der Waals surface area contributed by atoms with Gasteiger partial charge in [0.05, 0.1) is 10.1 Å². The fraction of sp³-hybridized carbons (Fsp3) is 0.600. The Morgan fingerprint density at radius 1 is 1.36 bits per heavy atom. The summed E-state index contributed by atoms with van der Waals surface area (Å²) in [5.74, 6) is -0.279. The molecule has 0 aromatic carbocycles. The molecule has 0 aliphatic heterocycles. The average molecular weight is 224 g/mol. The summed E-state index contributed by atoms with van der Waals surface area (Å²) in [6.07, 6.45) is 2.56. The van der Waals surface area contributed by atoms with E-state index in [0.717, 1.165) is 0 Å². The molecular weight excluding hydrogens is 215 g/mol. The maximum atomic E-state index is 9.92. The minimum Gasteiger partial charge on any atom is -0.748 e. The summed E-state index contributed by atoms with van der Waals surface area (Å²) in [4.78, 5) is 0. The maximum absolute atomic E-state index is 9.92. The number of allylic oxidation sites excluding steroid dienone is 1. The van der Waals surface area contributed by atoms with Crippen molar-refractivity contribution in [2.24, 2.45) is 0 Å². The van der Waals surface area contributed by atoms with E-state index in [9.17, 15) is 25.9 Å². The molecule has 0 fully saturated rings. The molecule has 0 aliphatic rings. The van der Waals surface area contributed by atoms with Crippen LogP contribution in [0, 0.1) is 0 Å². The van der Waals surface area contributed by atoms with E-state index in [2.05, 4.69) is 6.58 Å². The molecule has 0 heterocycles. The van der Waals surface area contributed by atoms with Gasteiger partial charge in [-0.15, -0.1) is 6.58 Å². The van der Waals surface area contributed by atoms with Crippen LogP contribution in [0.15, 0.2) is 12.7 Å². The van der Waals surface area contributed by atoms with Crippen LogP contribution >= 0.6 is 0 Å². The van der Waals surface area contributed by atoms with Crippen molar-refractivity contribution in [2.75, 3.05) is 5.75 Å².